The molecule has 0 aliphatic rings. The molecule has 0 atom stereocenters. The maximum absolute atomic E-state index is 5.22. The molecule has 2 rings (SSSR count). The largest absolute Gasteiger partial charge is 0.380 e. The fourth-order valence-corrected chi connectivity index (χ4v) is 1.33. The summed E-state index contributed by atoms with van der Waals surface area (Å²) >= 11 is 0. The van der Waals surface area contributed by atoms with Gasteiger partial charge in [0.1, 0.15) is 0 Å². The molecule has 0 radical (unpaired) electrons. The highest BCUT2D eigenvalue weighted by molar-refractivity contribution is 5.52. The van der Waals surface area contributed by atoms with Crippen molar-refractivity contribution >= 4 is 0 Å². The van der Waals surface area contributed by atoms with Gasteiger partial charge in [-0.1, -0.05) is 30.3 Å². The topological polar surface area (TPSA) is 52.8 Å². The van der Waals surface area contributed by atoms with Crippen molar-refractivity contribution in [3.8, 4) is 11.4 Å². The quantitative estimate of drug-likeness (QED) is 0.711. The second-order valence-corrected chi connectivity index (χ2v) is 3.27. The Morgan fingerprint density at radius 3 is 2.81 bits per heavy atom. The molecule has 16 heavy (non-hydrogen) atoms. The molecule has 0 aliphatic carbocycles. The number of benzene rings is 1. The minimum Gasteiger partial charge on any atom is -0.380 e. The second kappa shape index (κ2) is 5.37. The Hall–Kier alpha value is -1.75. The van der Waals surface area contributed by atoms with Gasteiger partial charge in [-0.2, -0.15) is 4.80 Å². The lowest BCUT2D eigenvalue weighted by atomic mass is 10.2. The molecule has 0 saturated carbocycles. The predicted molar refractivity (Wildman–Crippen MR) is 59.7 cm³/mol. The van der Waals surface area contributed by atoms with E-state index in [9.17, 15) is 0 Å². The summed E-state index contributed by atoms with van der Waals surface area (Å²) in [7, 11) is 0. The molecule has 5 nitrogen and oxygen atoms in total. The van der Waals surface area contributed by atoms with Crippen LogP contribution in [0.25, 0.3) is 11.4 Å². The van der Waals surface area contributed by atoms with Gasteiger partial charge in [-0.05, 0) is 12.1 Å². The minimum atomic E-state index is 0.612. The Bertz CT molecular complexity index is 427. The summed E-state index contributed by atoms with van der Waals surface area (Å²) in [6, 6.07) is 9.79. The van der Waals surface area contributed by atoms with Gasteiger partial charge >= 0.3 is 0 Å². The monoisotopic (exact) mass is 218 g/mol. The number of aromatic nitrogens is 4. The van der Waals surface area contributed by atoms with Crippen LogP contribution in [-0.2, 0) is 11.3 Å². The lowest BCUT2D eigenvalue weighted by molar-refractivity contribution is 0.132. The Labute approximate surface area is 94.0 Å². The van der Waals surface area contributed by atoms with Crippen molar-refractivity contribution in [2.45, 2.75) is 13.5 Å². The Balaban J connectivity index is 2.02. The lowest BCUT2D eigenvalue weighted by Crippen LogP contribution is -2.08. The Morgan fingerprint density at radius 1 is 1.25 bits per heavy atom. The van der Waals surface area contributed by atoms with E-state index in [1.165, 1.54) is 0 Å². The molecular formula is C11H14N4O. The first kappa shape index (κ1) is 10.8. The average molecular weight is 218 g/mol. The standard InChI is InChI=1S/C11H14N4O/c1-2-16-9-8-15-13-11(12-14-15)10-6-4-3-5-7-10/h3-7H,2,8-9H2,1H3. The van der Waals surface area contributed by atoms with Gasteiger partial charge in [-0.15, -0.1) is 10.2 Å². The van der Waals surface area contributed by atoms with E-state index in [4.69, 9.17) is 4.74 Å². The first-order valence-corrected chi connectivity index (χ1v) is 5.31. The van der Waals surface area contributed by atoms with E-state index >= 15 is 0 Å². The third kappa shape index (κ3) is 2.64. The summed E-state index contributed by atoms with van der Waals surface area (Å²) in [6.07, 6.45) is 0. The Kier molecular flexibility index (Phi) is 3.61. The third-order valence-electron chi connectivity index (χ3n) is 2.12. The smallest absolute Gasteiger partial charge is 0.204 e. The number of rotatable bonds is 5. The van der Waals surface area contributed by atoms with Gasteiger partial charge in [0.2, 0.25) is 5.82 Å². The van der Waals surface area contributed by atoms with E-state index in [-0.39, 0.29) is 0 Å². The van der Waals surface area contributed by atoms with Crippen LogP contribution in [0.2, 0.25) is 0 Å². The molecule has 0 bridgehead atoms. The molecule has 1 heterocycles. The second-order valence-electron chi connectivity index (χ2n) is 3.27. The molecule has 0 N–H and O–H groups in total. The maximum Gasteiger partial charge on any atom is 0.204 e. The van der Waals surface area contributed by atoms with E-state index in [1.807, 2.05) is 37.3 Å². The fourth-order valence-electron chi connectivity index (χ4n) is 1.33. The van der Waals surface area contributed by atoms with Crippen molar-refractivity contribution < 1.29 is 4.74 Å². The highest BCUT2D eigenvalue weighted by Crippen LogP contribution is 2.11. The SMILES string of the molecule is CCOCCn1nnc(-c2ccccc2)n1. The fraction of sp³-hybridized carbons (Fsp3) is 0.364. The van der Waals surface area contributed by atoms with Crippen LogP contribution in [0.1, 0.15) is 6.92 Å². The third-order valence-corrected chi connectivity index (χ3v) is 2.12. The van der Waals surface area contributed by atoms with Crippen LogP contribution in [-0.4, -0.2) is 33.4 Å². The summed E-state index contributed by atoms with van der Waals surface area (Å²) < 4.78 is 5.22. The zero-order valence-corrected chi connectivity index (χ0v) is 9.21. The van der Waals surface area contributed by atoms with E-state index in [0.29, 0.717) is 25.6 Å². The first-order chi connectivity index (χ1) is 7.90. The number of tetrazole rings is 1. The molecule has 0 amide bonds. The zero-order chi connectivity index (χ0) is 11.2. The molecule has 1 aromatic heterocycles. The molecule has 1 aromatic carbocycles. The van der Waals surface area contributed by atoms with E-state index in [1.54, 1.807) is 4.80 Å². The minimum absolute atomic E-state index is 0.612. The zero-order valence-electron chi connectivity index (χ0n) is 9.21. The van der Waals surface area contributed by atoms with Gasteiger partial charge in [0.15, 0.2) is 0 Å². The highest BCUT2D eigenvalue weighted by Gasteiger charge is 2.04. The summed E-state index contributed by atoms with van der Waals surface area (Å²) in [5, 5.41) is 12.2. The summed E-state index contributed by atoms with van der Waals surface area (Å²) in [5.41, 5.74) is 0.977. The Morgan fingerprint density at radius 2 is 2.06 bits per heavy atom. The summed E-state index contributed by atoms with van der Waals surface area (Å²) in [5.74, 6) is 0.650. The van der Waals surface area contributed by atoms with E-state index < -0.39 is 0 Å². The van der Waals surface area contributed by atoms with Crippen LogP contribution in [0.5, 0.6) is 0 Å². The van der Waals surface area contributed by atoms with Gasteiger partial charge in [-0.25, -0.2) is 0 Å². The molecule has 0 fully saturated rings. The molecule has 0 aliphatic heterocycles. The van der Waals surface area contributed by atoms with Gasteiger partial charge < -0.3 is 4.74 Å². The molecule has 0 saturated heterocycles. The number of hydrogen-bond acceptors (Lipinski definition) is 4. The molecular weight excluding hydrogens is 204 g/mol. The molecule has 0 spiro atoms. The normalized spacial score (nSPS) is 10.6. The van der Waals surface area contributed by atoms with Gasteiger partial charge in [0.05, 0.1) is 13.2 Å². The van der Waals surface area contributed by atoms with E-state index in [2.05, 4.69) is 15.4 Å². The average Bonchev–Trinajstić information content (AvgIpc) is 2.79. The van der Waals surface area contributed by atoms with Gasteiger partial charge in [0, 0.05) is 12.2 Å². The van der Waals surface area contributed by atoms with Crippen molar-refractivity contribution in [1.82, 2.24) is 20.2 Å². The molecule has 5 heteroatoms. The van der Waals surface area contributed by atoms with Crippen molar-refractivity contribution in [3.05, 3.63) is 30.3 Å². The first-order valence-electron chi connectivity index (χ1n) is 5.31. The van der Waals surface area contributed by atoms with Crippen molar-refractivity contribution in [1.29, 1.82) is 0 Å². The molecule has 84 valence electrons. The van der Waals surface area contributed by atoms with Crippen LogP contribution >= 0.6 is 0 Å². The molecule has 0 unspecified atom stereocenters. The predicted octanol–water partition coefficient (Wildman–Crippen LogP) is 1.38. The maximum atomic E-state index is 5.22. The highest BCUT2D eigenvalue weighted by atomic mass is 16.5. The van der Waals surface area contributed by atoms with Crippen molar-refractivity contribution in [2.24, 2.45) is 0 Å². The van der Waals surface area contributed by atoms with Crippen LogP contribution in [0.3, 0.4) is 0 Å². The van der Waals surface area contributed by atoms with Crippen molar-refractivity contribution in [2.75, 3.05) is 13.2 Å². The van der Waals surface area contributed by atoms with Gasteiger partial charge in [0.25, 0.3) is 0 Å². The van der Waals surface area contributed by atoms with Crippen LogP contribution in [0.15, 0.2) is 30.3 Å². The summed E-state index contributed by atoms with van der Waals surface area (Å²) in [4.78, 5) is 1.55. The molecule has 2 aromatic rings. The number of hydrogen-bond donors (Lipinski definition) is 0. The van der Waals surface area contributed by atoms with Gasteiger partial charge in [-0.3, -0.25) is 0 Å². The van der Waals surface area contributed by atoms with Crippen LogP contribution < -0.4 is 0 Å². The van der Waals surface area contributed by atoms with Crippen molar-refractivity contribution in [3.63, 3.8) is 0 Å². The number of ether oxygens (including phenoxy) is 1. The van der Waals surface area contributed by atoms with Crippen LogP contribution in [0.4, 0.5) is 0 Å². The van der Waals surface area contributed by atoms with Crippen LogP contribution in [0, 0.1) is 0 Å². The van der Waals surface area contributed by atoms with E-state index in [0.717, 1.165) is 5.56 Å². The number of nitrogens with zero attached hydrogens (tertiary/aromatic N) is 4. The summed E-state index contributed by atoms with van der Waals surface area (Å²) in [6.45, 7) is 3.92. The lowest BCUT2D eigenvalue weighted by Gasteiger charge is -1.98.